The third kappa shape index (κ3) is 3.64. The highest BCUT2D eigenvalue weighted by Crippen LogP contribution is 2.24. The number of rotatable bonds is 4. The number of amides is 1. The minimum atomic E-state index is -0.265. The second-order valence-corrected chi connectivity index (χ2v) is 6.18. The van der Waals surface area contributed by atoms with Crippen molar-refractivity contribution in [3.63, 3.8) is 0 Å². The fourth-order valence-corrected chi connectivity index (χ4v) is 2.80. The van der Waals surface area contributed by atoms with E-state index in [0.717, 1.165) is 5.52 Å². The Hall–Kier alpha value is -3.87. The fourth-order valence-electron chi connectivity index (χ4n) is 2.80. The maximum Gasteiger partial charge on any atom is 0.322 e. The summed E-state index contributed by atoms with van der Waals surface area (Å²) in [6.45, 7) is 3.60. The second-order valence-electron chi connectivity index (χ2n) is 6.18. The summed E-state index contributed by atoms with van der Waals surface area (Å²) in [4.78, 5) is 29.8. The first-order chi connectivity index (χ1) is 13.6. The van der Waals surface area contributed by atoms with Gasteiger partial charge < -0.3 is 10.1 Å². The van der Waals surface area contributed by atoms with Gasteiger partial charge in [-0.1, -0.05) is 18.2 Å². The normalized spacial score (nSPS) is 10.6. The third-order valence-corrected chi connectivity index (χ3v) is 4.17. The highest BCUT2D eigenvalue weighted by molar-refractivity contribution is 6.06. The Morgan fingerprint density at radius 3 is 2.29 bits per heavy atom. The molecule has 138 valence electrons. The first-order valence-electron chi connectivity index (χ1n) is 8.70. The van der Waals surface area contributed by atoms with Crippen molar-refractivity contribution in [1.82, 2.24) is 19.9 Å². The average molecular weight is 371 g/mol. The third-order valence-electron chi connectivity index (χ3n) is 4.17. The number of hydrogen-bond acceptors (Lipinski definition) is 6. The molecule has 0 aliphatic rings. The number of nitrogens with zero attached hydrogens (tertiary/aromatic N) is 4. The average Bonchev–Trinajstić information content (AvgIpc) is 2.71. The highest BCUT2D eigenvalue weighted by atomic mass is 16.5. The van der Waals surface area contributed by atoms with Crippen LogP contribution in [0.3, 0.4) is 0 Å². The van der Waals surface area contributed by atoms with Gasteiger partial charge in [-0.25, -0.2) is 0 Å². The van der Waals surface area contributed by atoms with Crippen LogP contribution in [0.4, 0.5) is 5.69 Å². The van der Waals surface area contributed by atoms with Gasteiger partial charge in [0.1, 0.15) is 5.75 Å². The number of aryl methyl sites for hydroxylation is 2. The van der Waals surface area contributed by atoms with Gasteiger partial charge in [0, 0.05) is 18.0 Å². The van der Waals surface area contributed by atoms with E-state index in [4.69, 9.17) is 4.74 Å². The van der Waals surface area contributed by atoms with Crippen molar-refractivity contribution in [2.24, 2.45) is 0 Å². The SMILES string of the molecule is Cc1nc(Oc2ccccc2)nc(C)c1NC(=O)c1ccc2nccnc2c1. The van der Waals surface area contributed by atoms with Crippen LogP contribution in [0.25, 0.3) is 11.0 Å². The van der Waals surface area contributed by atoms with Crippen LogP contribution in [0.15, 0.2) is 60.9 Å². The van der Waals surface area contributed by atoms with Gasteiger partial charge in [-0.15, -0.1) is 0 Å². The zero-order chi connectivity index (χ0) is 19.5. The van der Waals surface area contributed by atoms with Crippen molar-refractivity contribution < 1.29 is 9.53 Å². The van der Waals surface area contributed by atoms with Crippen LogP contribution < -0.4 is 10.1 Å². The monoisotopic (exact) mass is 371 g/mol. The molecular formula is C21H17N5O2. The first kappa shape index (κ1) is 17.5. The molecule has 28 heavy (non-hydrogen) atoms. The highest BCUT2D eigenvalue weighted by Gasteiger charge is 2.14. The minimum absolute atomic E-state index is 0.236. The number of carbonyl (C=O) groups is 1. The number of aromatic nitrogens is 4. The lowest BCUT2D eigenvalue weighted by Crippen LogP contribution is -2.15. The molecule has 0 bridgehead atoms. The molecule has 0 saturated carbocycles. The van der Waals surface area contributed by atoms with Gasteiger partial charge in [-0.3, -0.25) is 14.8 Å². The number of carbonyl (C=O) groups excluding carboxylic acids is 1. The van der Waals surface area contributed by atoms with Crippen molar-refractivity contribution in [1.29, 1.82) is 0 Å². The van der Waals surface area contributed by atoms with Crippen molar-refractivity contribution >= 4 is 22.6 Å². The largest absolute Gasteiger partial charge is 0.424 e. The molecular weight excluding hydrogens is 354 g/mol. The van der Waals surface area contributed by atoms with Crippen LogP contribution in [0, 0.1) is 13.8 Å². The molecule has 0 saturated heterocycles. The molecule has 4 aromatic rings. The van der Waals surface area contributed by atoms with Gasteiger partial charge in [0.25, 0.3) is 5.91 Å². The Labute approximate surface area is 161 Å². The standard InChI is InChI=1S/C21H17N5O2/c1-13-19(14(2)25-21(24-13)28-16-6-4-3-5-7-16)26-20(27)15-8-9-17-18(12-15)23-11-10-22-17/h3-12H,1-2H3,(H,26,27). The van der Waals surface area contributed by atoms with Gasteiger partial charge in [-0.05, 0) is 44.2 Å². The van der Waals surface area contributed by atoms with Crippen LogP contribution in [-0.4, -0.2) is 25.8 Å². The van der Waals surface area contributed by atoms with E-state index >= 15 is 0 Å². The molecule has 0 radical (unpaired) electrons. The molecule has 1 N–H and O–H groups in total. The number of benzene rings is 2. The molecule has 2 heterocycles. The quantitative estimate of drug-likeness (QED) is 0.581. The molecule has 0 fully saturated rings. The summed E-state index contributed by atoms with van der Waals surface area (Å²) >= 11 is 0. The fraction of sp³-hybridized carbons (Fsp3) is 0.0952. The van der Waals surface area contributed by atoms with E-state index in [-0.39, 0.29) is 11.9 Å². The molecule has 0 unspecified atom stereocenters. The van der Waals surface area contributed by atoms with Crippen LogP contribution >= 0.6 is 0 Å². The first-order valence-corrected chi connectivity index (χ1v) is 8.70. The van der Waals surface area contributed by atoms with Crippen LogP contribution in [0.5, 0.6) is 11.8 Å². The Bertz CT molecular complexity index is 1140. The summed E-state index contributed by atoms with van der Waals surface area (Å²) < 4.78 is 5.68. The summed E-state index contributed by atoms with van der Waals surface area (Å²) in [6, 6.07) is 14.7. The predicted molar refractivity (Wildman–Crippen MR) is 106 cm³/mol. The maximum absolute atomic E-state index is 12.7. The predicted octanol–water partition coefficient (Wildman–Crippen LogP) is 4.08. The molecule has 0 aliphatic heterocycles. The number of para-hydroxylation sites is 1. The molecule has 7 nitrogen and oxygen atoms in total. The molecule has 7 heteroatoms. The van der Waals surface area contributed by atoms with E-state index in [1.807, 2.05) is 30.3 Å². The Morgan fingerprint density at radius 2 is 1.57 bits per heavy atom. The van der Waals surface area contributed by atoms with Crippen molar-refractivity contribution in [3.05, 3.63) is 77.9 Å². The lowest BCUT2D eigenvalue weighted by atomic mass is 10.1. The van der Waals surface area contributed by atoms with Gasteiger partial charge in [0.2, 0.25) is 0 Å². The Morgan fingerprint density at radius 1 is 0.893 bits per heavy atom. The van der Waals surface area contributed by atoms with E-state index in [0.29, 0.717) is 33.9 Å². The van der Waals surface area contributed by atoms with E-state index < -0.39 is 0 Å². The summed E-state index contributed by atoms with van der Waals surface area (Å²) in [6.07, 6.45) is 3.21. The van der Waals surface area contributed by atoms with E-state index in [2.05, 4.69) is 25.3 Å². The number of fused-ring (bicyclic) bond motifs is 1. The number of anilines is 1. The van der Waals surface area contributed by atoms with Gasteiger partial charge >= 0.3 is 6.01 Å². The zero-order valence-electron chi connectivity index (χ0n) is 15.4. The van der Waals surface area contributed by atoms with Crippen molar-refractivity contribution in [2.45, 2.75) is 13.8 Å². The van der Waals surface area contributed by atoms with Crippen LogP contribution in [0.2, 0.25) is 0 Å². The maximum atomic E-state index is 12.7. The van der Waals surface area contributed by atoms with E-state index in [1.165, 1.54) is 0 Å². The summed E-state index contributed by atoms with van der Waals surface area (Å²) in [5.41, 5.74) is 3.67. The lowest BCUT2D eigenvalue weighted by Gasteiger charge is -2.12. The van der Waals surface area contributed by atoms with Gasteiger partial charge in [0.05, 0.1) is 28.1 Å². The summed E-state index contributed by atoms with van der Waals surface area (Å²) in [7, 11) is 0. The summed E-state index contributed by atoms with van der Waals surface area (Å²) in [5, 5.41) is 2.88. The Kier molecular flexibility index (Phi) is 4.63. The molecule has 0 atom stereocenters. The molecule has 1 amide bonds. The molecule has 0 spiro atoms. The molecule has 4 rings (SSSR count). The van der Waals surface area contributed by atoms with Crippen LogP contribution in [0.1, 0.15) is 21.7 Å². The van der Waals surface area contributed by atoms with Gasteiger partial charge in [0.15, 0.2) is 0 Å². The molecule has 0 aliphatic carbocycles. The second kappa shape index (κ2) is 7.40. The van der Waals surface area contributed by atoms with Gasteiger partial charge in [-0.2, -0.15) is 9.97 Å². The van der Waals surface area contributed by atoms with E-state index in [1.54, 1.807) is 44.4 Å². The van der Waals surface area contributed by atoms with E-state index in [9.17, 15) is 4.79 Å². The molecule has 2 aromatic carbocycles. The van der Waals surface area contributed by atoms with Crippen LogP contribution in [-0.2, 0) is 0 Å². The van der Waals surface area contributed by atoms with Crippen molar-refractivity contribution in [2.75, 3.05) is 5.32 Å². The topological polar surface area (TPSA) is 89.9 Å². The number of nitrogens with one attached hydrogen (secondary N) is 1. The lowest BCUT2D eigenvalue weighted by molar-refractivity contribution is 0.102. The van der Waals surface area contributed by atoms with Crippen molar-refractivity contribution in [3.8, 4) is 11.8 Å². The smallest absolute Gasteiger partial charge is 0.322 e. The number of hydrogen-bond donors (Lipinski definition) is 1. The molecule has 2 aromatic heterocycles. The number of ether oxygens (including phenoxy) is 1. The minimum Gasteiger partial charge on any atom is -0.424 e. The zero-order valence-corrected chi connectivity index (χ0v) is 15.4. The summed E-state index contributed by atoms with van der Waals surface area (Å²) in [5.74, 6) is 0.384. The Balaban J connectivity index is 1.57.